The van der Waals surface area contributed by atoms with E-state index in [2.05, 4.69) is 15.0 Å². The van der Waals surface area contributed by atoms with E-state index in [0.29, 0.717) is 12.2 Å². The maximum Gasteiger partial charge on any atom is 0.260 e. The molecule has 1 unspecified atom stereocenters. The van der Waals surface area contributed by atoms with Crippen LogP contribution in [0.4, 0.5) is 5.69 Å². The van der Waals surface area contributed by atoms with Crippen molar-refractivity contribution in [1.29, 1.82) is 0 Å². The molecule has 7 heteroatoms. The van der Waals surface area contributed by atoms with Crippen molar-refractivity contribution in [3.63, 3.8) is 0 Å². The highest BCUT2D eigenvalue weighted by molar-refractivity contribution is 7.89. The molecule has 0 fully saturated rings. The van der Waals surface area contributed by atoms with Crippen LogP contribution in [0.15, 0.2) is 23.4 Å². The van der Waals surface area contributed by atoms with Crippen LogP contribution < -0.4 is 10.0 Å². The van der Waals surface area contributed by atoms with Crippen LogP contribution in [0.1, 0.15) is 6.92 Å². The van der Waals surface area contributed by atoms with Gasteiger partial charge in [0.25, 0.3) is 10.0 Å². The molecule has 1 aromatic rings. The van der Waals surface area contributed by atoms with Crippen LogP contribution in [-0.4, -0.2) is 52.0 Å². The van der Waals surface area contributed by atoms with Crippen LogP contribution in [0.3, 0.4) is 0 Å². The zero-order valence-corrected chi connectivity index (χ0v) is 12.0. The zero-order chi connectivity index (χ0) is 13.8. The van der Waals surface area contributed by atoms with Gasteiger partial charge in [0.1, 0.15) is 0 Å². The SMILES string of the molecule is CNc1cccnc1S(=O)(=O)NCC(C)N(C)C. The summed E-state index contributed by atoms with van der Waals surface area (Å²) >= 11 is 0. The summed E-state index contributed by atoms with van der Waals surface area (Å²) in [4.78, 5) is 5.86. The Morgan fingerprint density at radius 3 is 2.67 bits per heavy atom. The van der Waals surface area contributed by atoms with Gasteiger partial charge in [-0.1, -0.05) is 0 Å². The lowest BCUT2D eigenvalue weighted by Gasteiger charge is -2.20. The average Bonchev–Trinajstić information content (AvgIpc) is 2.35. The molecule has 0 aliphatic heterocycles. The summed E-state index contributed by atoms with van der Waals surface area (Å²) in [5.74, 6) is 0. The standard InChI is InChI=1S/C11H20N4O2S/c1-9(15(3)4)8-14-18(16,17)11-10(12-2)6-5-7-13-11/h5-7,9,12,14H,8H2,1-4H3. The van der Waals surface area contributed by atoms with E-state index in [4.69, 9.17) is 0 Å². The van der Waals surface area contributed by atoms with Crippen molar-refractivity contribution in [3.05, 3.63) is 18.3 Å². The number of hydrogen-bond donors (Lipinski definition) is 2. The minimum Gasteiger partial charge on any atom is -0.386 e. The lowest BCUT2D eigenvalue weighted by molar-refractivity contribution is 0.314. The number of pyridine rings is 1. The van der Waals surface area contributed by atoms with Crippen LogP contribution in [0.2, 0.25) is 0 Å². The Balaban J connectivity index is 2.87. The minimum absolute atomic E-state index is 0.0263. The number of nitrogens with zero attached hydrogens (tertiary/aromatic N) is 2. The van der Waals surface area contributed by atoms with E-state index in [1.54, 1.807) is 19.2 Å². The normalized spacial score (nSPS) is 13.6. The second-order valence-corrected chi connectivity index (χ2v) is 5.95. The molecule has 0 bridgehead atoms. The molecule has 0 aliphatic rings. The molecule has 6 nitrogen and oxygen atoms in total. The van der Waals surface area contributed by atoms with Gasteiger partial charge in [-0.05, 0) is 33.2 Å². The smallest absolute Gasteiger partial charge is 0.260 e. The van der Waals surface area contributed by atoms with Crippen LogP contribution in [0.5, 0.6) is 0 Å². The van der Waals surface area contributed by atoms with Crippen molar-refractivity contribution in [2.75, 3.05) is 33.0 Å². The van der Waals surface area contributed by atoms with Gasteiger partial charge in [-0.15, -0.1) is 0 Å². The van der Waals surface area contributed by atoms with E-state index in [0.717, 1.165) is 0 Å². The lowest BCUT2D eigenvalue weighted by atomic mass is 10.3. The molecule has 0 aliphatic carbocycles. The third kappa shape index (κ3) is 3.66. The van der Waals surface area contributed by atoms with E-state index in [1.807, 2.05) is 25.9 Å². The molecule has 1 heterocycles. The monoisotopic (exact) mass is 272 g/mol. The summed E-state index contributed by atoms with van der Waals surface area (Å²) in [6.07, 6.45) is 1.46. The topological polar surface area (TPSA) is 74.3 Å². The average molecular weight is 272 g/mol. The highest BCUT2D eigenvalue weighted by Crippen LogP contribution is 2.16. The maximum atomic E-state index is 12.1. The lowest BCUT2D eigenvalue weighted by Crippen LogP contribution is -2.38. The number of anilines is 1. The van der Waals surface area contributed by atoms with E-state index in [1.165, 1.54) is 6.20 Å². The molecule has 18 heavy (non-hydrogen) atoms. The Labute approximate surface area is 108 Å². The number of rotatable bonds is 6. The molecule has 1 aromatic heterocycles. The van der Waals surface area contributed by atoms with Crippen molar-refractivity contribution in [2.45, 2.75) is 18.0 Å². The Bertz CT molecular complexity index is 488. The van der Waals surface area contributed by atoms with Crippen molar-refractivity contribution < 1.29 is 8.42 Å². The Kier molecular flexibility index (Phi) is 5.06. The van der Waals surface area contributed by atoms with Crippen molar-refractivity contribution in [3.8, 4) is 0 Å². The van der Waals surface area contributed by atoms with Gasteiger partial charge in [0.05, 0.1) is 5.69 Å². The molecule has 0 aromatic carbocycles. The molecule has 0 saturated heterocycles. The number of hydrogen-bond acceptors (Lipinski definition) is 5. The first-order valence-corrected chi connectivity index (χ1v) is 7.15. The van der Waals surface area contributed by atoms with Gasteiger partial charge in [0.2, 0.25) is 0 Å². The fourth-order valence-corrected chi connectivity index (χ4v) is 2.53. The molecule has 1 rings (SSSR count). The highest BCUT2D eigenvalue weighted by atomic mass is 32.2. The third-order valence-corrected chi connectivity index (χ3v) is 4.13. The first kappa shape index (κ1) is 14.9. The van der Waals surface area contributed by atoms with E-state index in [-0.39, 0.29) is 11.1 Å². The summed E-state index contributed by atoms with van der Waals surface area (Å²) in [5, 5.41) is 2.85. The molecule has 102 valence electrons. The van der Waals surface area contributed by atoms with Gasteiger partial charge >= 0.3 is 0 Å². The molecule has 2 N–H and O–H groups in total. The molecular weight excluding hydrogens is 252 g/mol. The van der Waals surface area contributed by atoms with Gasteiger partial charge in [-0.2, -0.15) is 0 Å². The number of aromatic nitrogens is 1. The summed E-state index contributed by atoms with van der Waals surface area (Å²) in [5.41, 5.74) is 0.488. The van der Waals surface area contributed by atoms with Crippen LogP contribution in [0, 0.1) is 0 Å². The summed E-state index contributed by atoms with van der Waals surface area (Å²) < 4.78 is 26.8. The second-order valence-electron chi connectivity index (χ2n) is 4.27. The van der Waals surface area contributed by atoms with Gasteiger partial charge < -0.3 is 10.2 Å². The first-order valence-electron chi connectivity index (χ1n) is 5.67. The predicted octanol–water partition coefficient (Wildman–Crippen LogP) is 0.352. The Hall–Kier alpha value is -1.18. The van der Waals surface area contributed by atoms with Crippen LogP contribution in [0.25, 0.3) is 0 Å². The van der Waals surface area contributed by atoms with Crippen LogP contribution >= 0.6 is 0 Å². The third-order valence-electron chi connectivity index (χ3n) is 2.75. The molecule has 0 spiro atoms. The van der Waals surface area contributed by atoms with Crippen molar-refractivity contribution >= 4 is 15.7 Å². The summed E-state index contributed by atoms with van der Waals surface area (Å²) in [6, 6.07) is 3.48. The van der Waals surface area contributed by atoms with E-state index in [9.17, 15) is 8.42 Å². The van der Waals surface area contributed by atoms with E-state index >= 15 is 0 Å². The minimum atomic E-state index is -3.58. The Morgan fingerprint density at radius 1 is 1.44 bits per heavy atom. The van der Waals surface area contributed by atoms with E-state index < -0.39 is 10.0 Å². The van der Waals surface area contributed by atoms with Gasteiger partial charge in [-0.25, -0.2) is 18.1 Å². The predicted molar refractivity (Wildman–Crippen MR) is 72.1 cm³/mol. The van der Waals surface area contributed by atoms with Crippen molar-refractivity contribution in [2.24, 2.45) is 0 Å². The largest absolute Gasteiger partial charge is 0.386 e. The highest BCUT2D eigenvalue weighted by Gasteiger charge is 2.20. The number of likely N-dealkylation sites (N-methyl/N-ethyl adjacent to an activating group) is 1. The van der Waals surface area contributed by atoms with Gasteiger partial charge in [-0.3, -0.25) is 0 Å². The quantitative estimate of drug-likeness (QED) is 0.782. The van der Waals surface area contributed by atoms with Crippen LogP contribution in [-0.2, 0) is 10.0 Å². The number of nitrogens with one attached hydrogen (secondary N) is 2. The van der Waals surface area contributed by atoms with Gasteiger partial charge in [0, 0.05) is 25.8 Å². The molecule has 0 radical (unpaired) electrons. The molecule has 1 atom stereocenters. The maximum absolute atomic E-state index is 12.1. The second kappa shape index (κ2) is 6.12. The molecule has 0 saturated carbocycles. The number of sulfonamides is 1. The fraction of sp³-hybridized carbons (Fsp3) is 0.545. The molecular formula is C11H20N4O2S. The Morgan fingerprint density at radius 2 is 2.11 bits per heavy atom. The summed E-state index contributed by atoms with van der Waals surface area (Å²) in [6.45, 7) is 2.29. The van der Waals surface area contributed by atoms with Crippen molar-refractivity contribution in [1.82, 2.24) is 14.6 Å². The molecule has 0 amide bonds. The van der Waals surface area contributed by atoms with Gasteiger partial charge in [0.15, 0.2) is 5.03 Å². The fourth-order valence-electron chi connectivity index (χ4n) is 1.28. The zero-order valence-electron chi connectivity index (χ0n) is 11.1. The first-order chi connectivity index (χ1) is 8.38. The summed E-state index contributed by atoms with van der Waals surface area (Å²) in [7, 11) is 1.89.